The van der Waals surface area contributed by atoms with Crippen molar-refractivity contribution in [2.24, 2.45) is 0 Å². The Hall–Kier alpha value is -1.71. The maximum absolute atomic E-state index is 11.5. The zero-order chi connectivity index (χ0) is 16.6. The fourth-order valence-corrected chi connectivity index (χ4v) is 1.97. The lowest BCUT2D eigenvalue weighted by Crippen LogP contribution is -1.96. The van der Waals surface area contributed by atoms with E-state index in [1.807, 2.05) is 0 Å². The van der Waals surface area contributed by atoms with Crippen molar-refractivity contribution < 1.29 is 19.5 Å². The molecule has 0 aromatic carbocycles. The molecule has 0 amide bonds. The molecule has 0 aliphatic carbocycles. The van der Waals surface area contributed by atoms with E-state index < -0.39 is 5.97 Å². The van der Waals surface area contributed by atoms with Crippen LogP contribution in [-0.4, -0.2) is 22.6 Å². The predicted octanol–water partition coefficient (Wildman–Crippen LogP) is 4.24. The van der Waals surface area contributed by atoms with Gasteiger partial charge in [-0.25, -0.2) is 0 Å². The number of rotatable bonds is 14. The highest BCUT2D eigenvalue weighted by Crippen LogP contribution is 2.05. The number of unbranched alkanes of at least 4 members (excludes halogenated alkanes) is 5. The third-order valence-electron chi connectivity index (χ3n) is 3.27. The Morgan fingerprint density at radius 2 is 1.18 bits per heavy atom. The van der Waals surface area contributed by atoms with Crippen molar-refractivity contribution in [2.45, 2.75) is 71.1 Å². The van der Waals surface area contributed by atoms with Crippen LogP contribution in [0.3, 0.4) is 0 Å². The molecular weight excluding hydrogens is 280 g/mol. The van der Waals surface area contributed by atoms with E-state index in [1.54, 1.807) is 12.2 Å². The van der Waals surface area contributed by atoms with Crippen molar-refractivity contribution in [1.82, 2.24) is 0 Å². The molecule has 0 spiro atoms. The van der Waals surface area contributed by atoms with Gasteiger partial charge in [0.15, 0.2) is 11.6 Å². The standard InChI is InChI=1S/C18H28O4/c1-2-3-4-6-11-16(19)13-9-10-14-17(20)12-7-5-8-15-18(21)22/h9-10,13-14H,2-8,11-12,15H2,1H3,(H,21,22). The van der Waals surface area contributed by atoms with E-state index in [-0.39, 0.29) is 18.0 Å². The number of aliphatic carboxylic acids is 1. The maximum atomic E-state index is 11.5. The Bertz CT molecular complexity index is 394. The summed E-state index contributed by atoms with van der Waals surface area (Å²) >= 11 is 0. The molecule has 0 bridgehead atoms. The summed E-state index contributed by atoms with van der Waals surface area (Å²) in [4.78, 5) is 33.3. The van der Waals surface area contributed by atoms with Crippen molar-refractivity contribution in [2.75, 3.05) is 0 Å². The Labute approximate surface area is 133 Å². The van der Waals surface area contributed by atoms with Crippen molar-refractivity contribution in [3.8, 4) is 0 Å². The van der Waals surface area contributed by atoms with E-state index in [0.29, 0.717) is 25.7 Å². The molecule has 0 heterocycles. The molecule has 0 rings (SSSR count). The molecule has 0 unspecified atom stereocenters. The van der Waals surface area contributed by atoms with Gasteiger partial charge < -0.3 is 5.11 Å². The van der Waals surface area contributed by atoms with Crippen LogP contribution in [-0.2, 0) is 14.4 Å². The third-order valence-corrected chi connectivity index (χ3v) is 3.27. The first-order chi connectivity index (χ1) is 10.6. The maximum Gasteiger partial charge on any atom is 0.303 e. The van der Waals surface area contributed by atoms with Gasteiger partial charge >= 0.3 is 5.97 Å². The zero-order valence-electron chi connectivity index (χ0n) is 13.6. The lowest BCUT2D eigenvalue weighted by atomic mass is 10.1. The summed E-state index contributed by atoms with van der Waals surface area (Å²) in [5, 5.41) is 8.48. The average Bonchev–Trinajstić information content (AvgIpc) is 2.47. The first-order valence-corrected chi connectivity index (χ1v) is 8.18. The number of carbonyl (C=O) groups excluding carboxylic acids is 2. The van der Waals surface area contributed by atoms with Gasteiger partial charge in [-0.3, -0.25) is 14.4 Å². The first kappa shape index (κ1) is 20.3. The van der Waals surface area contributed by atoms with Gasteiger partial charge in [-0.15, -0.1) is 0 Å². The van der Waals surface area contributed by atoms with Gasteiger partial charge in [0, 0.05) is 19.3 Å². The van der Waals surface area contributed by atoms with Crippen LogP contribution in [0.15, 0.2) is 24.3 Å². The molecule has 0 radical (unpaired) electrons. The minimum atomic E-state index is -0.796. The molecular formula is C18H28O4. The van der Waals surface area contributed by atoms with Crippen LogP contribution in [0.5, 0.6) is 0 Å². The van der Waals surface area contributed by atoms with Crippen molar-refractivity contribution in [3.05, 3.63) is 24.3 Å². The van der Waals surface area contributed by atoms with Gasteiger partial charge in [0.05, 0.1) is 0 Å². The largest absolute Gasteiger partial charge is 0.481 e. The van der Waals surface area contributed by atoms with Crippen LogP contribution in [0.2, 0.25) is 0 Å². The van der Waals surface area contributed by atoms with Crippen LogP contribution in [0.1, 0.15) is 71.1 Å². The van der Waals surface area contributed by atoms with E-state index in [1.165, 1.54) is 12.2 Å². The number of hydrogen-bond acceptors (Lipinski definition) is 3. The second kappa shape index (κ2) is 14.2. The van der Waals surface area contributed by atoms with Crippen LogP contribution >= 0.6 is 0 Å². The van der Waals surface area contributed by atoms with E-state index in [9.17, 15) is 14.4 Å². The molecule has 0 saturated heterocycles. The van der Waals surface area contributed by atoms with Gasteiger partial charge in [-0.1, -0.05) is 44.8 Å². The molecule has 4 nitrogen and oxygen atoms in total. The summed E-state index contributed by atoms with van der Waals surface area (Å²) in [6.45, 7) is 2.13. The lowest BCUT2D eigenvalue weighted by Gasteiger charge is -1.96. The Kier molecular flexibility index (Phi) is 13.1. The Morgan fingerprint density at radius 1 is 0.727 bits per heavy atom. The van der Waals surface area contributed by atoms with Crippen LogP contribution < -0.4 is 0 Å². The van der Waals surface area contributed by atoms with E-state index in [0.717, 1.165) is 32.1 Å². The molecule has 0 aliphatic heterocycles. The van der Waals surface area contributed by atoms with Crippen LogP contribution in [0, 0.1) is 0 Å². The minimum absolute atomic E-state index is 0.00960. The molecule has 124 valence electrons. The lowest BCUT2D eigenvalue weighted by molar-refractivity contribution is -0.137. The summed E-state index contributed by atoms with van der Waals surface area (Å²) in [7, 11) is 0. The third kappa shape index (κ3) is 14.7. The summed E-state index contributed by atoms with van der Waals surface area (Å²) in [5.74, 6) is -0.687. The fourth-order valence-electron chi connectivity index (χ4n) is 1.97. The quantitative estimate of drug-likeness (QED) is 0.296. The zero-order valence-corrected chi connectivity index (χ0v) is 13.6. The van der Waals surface area contributed by atoms with Gasteiger partial charge in [-0.05, 0) is 31.4 Å². The molecule has 0 aromatic heterocycles. The number of allylic oxidation sites excluding steroid dienone is 4. The average molecular weight is 308 g/mol. The van der Waals surface area contributed by atoms with Gasteiger partial charge in [0.2, 0.25) is 0 Å². The van der Waals surface area contributed by atoms with Crippen molar-refractivity contribution >= 4 is 17.5 Å². The van der Waals surface area contributed by atoms with E-state index >= 15 is 0 Å². The highest BCUT2D eigenvalue weighted by molar-refractivity contribution is 5.91. The van der Waals surface area contributed by atoms with Gasteiger partial charge in [-0.2, -0.15) is 0 Å². The monoisotopic (exact) mass is 308 g/mol. The molecule has 4 heteroatoms. The van der Waals surface area contributed by atoms with Crippen LogP contribution in [0.25, 0.3) is 0 Å². The van der Waals surface area contributed by atoms with Crippen molar-refractivity contribution in [1.29, 1.82) is 0 Å². The smallest absolute Gasteiger partial charge is 0.303 e. The molecule has 0 aliphatic rings. The molecule has 0 saturated carbocycles. The number of carbonyl (C=O) groups is 3. The minimum Gasteiger partial charge on any atom is -0.481 e. The summed E-state index contributed by atoms with van der Waals surface area (Å²) in [6.07, 6.45) is 13.8. The number of hydrogen-bond donors (Lipinski definition) is 1. The molecule has 0 atom stereocenters. The summed E-state index contributed by atoms with van der Waals surface area (Å²) in [5.41, 5.74) is 0. The highest BCUT2D eigenvalue weighted by atomic mass is 16.4. The summed E-state index contributed by atoms with van der Waals surface area (Å²) < 4.78 is 0. The van der Waals surface area contributed by atoms with Crippen molar-refractivity contribution in [3.63, 3.8) is 0 Å². The molecule has 1 N–H and O–H groups in total. The molecule has 0 aromatic rings. The topological polar surface area (TPSA) is 71.4 Å². The molecule has 0 fully saturated rings. The van der Waals surface area contributed by atoms with E-state index in [4.69, 9.17) is 5.11 Å². The Balaban J connectivity index is 3.68. The number of carboxylic acid groups (broad SMARTS) is 1. The van der Waals surface area contributed by atoms with Gasteiger partial charge in [0.1, 0.15) is 0 Å². The number of carboxylic acids is 1. The van der Waals surface area contributed by atoms with Crippen LogP contribution in [0.4, 0.5) is 0 Å². The number of ketones is 2. The van der Waals surface area contributed by atoms with Gasteiger partial charge in [0.25, 0.3) is 0 Å². The predicted molar refractivity (Wildman–Crippen MR) is 87.8 cm³/mol. The Morgan fingerprint density at radius 3 is 1.64 bits per heavy atom. The summed E-state index contributed by atoms with van der Waals surface area (Å²) in [6, 6.07) is 0. The first-order valence-electron chi connectivity index (χ1n) is 8.18. The normalized spacial score (nSPS) is 11.3. The second-order valence-corrected chi connectivity index (χ2v) is 5.42. The SMILES string of the molecule is CCCCCCC(=O)C=CC=CC(=O)CCCCCC(=O)O. The second-order valence-electron chi connectivity index (χ2n) is 5.42. The van der Waals surface area contributed by atoms with E-state index in [2.05, 4.69) is 6.92 Å². The highest BCUT2D eigenvalue weighted by Gasteiger charge is 1.99. The molecule has 22 heavy (non-hydrogen) atoms. The fraction of sp³-hybridized carbons (Fsp3) is 0.611.